The van der Waals surface area contributed by atoms with E-state index in [1.54, 1.807) is 0 Å². The molecule has 1 N–H and O–H groups in total. The Kier molecular flexibility index (Phi) is 5.46. The van der Waals surface area contributed by atoms with Crippen LogP contribution in [0, 0.1) is 13.8 Å². The first-order valence-corrected chi connectivity index (χ1v) is 11.5. The normalized spacial score (nSPS) is 18.3. The number of benzene rings is 1. The summed E-state index contributed by atoms with van der Waals surface area (Å²) in [6.45, 7) is 11.3. The molecule has 0 radical (unpaired) electrons. The van der Waals surface area contributed by atoms with Gasteiger partial charge in [-0.1, -0.05) is 0 Å². The van der Waals surface area contributed by atoms with Gasteiger partial charge in [-0.15, -0.1) is 0 Å². The first kappa shape index (κ1) is 21.7. The minimum absolute atomic E-state index is 0.328. The van der Waals surface area contributed by atoms with Gasteiger partial charge in [-0.05, 0) is 52.0 Å². The maximum absolute atomic E-state index is 12.9. The summed E-state index contributed by atoms with van der Waals surface area (Å²) in [5.74, 6) is 0. The highest BCUT2D eigenvalue weighted by Crippen LogP contribution is 2.28. The number of aliphatic hydroxyl groups is 1. The summed E-state index contributed by atoms with van der Waals surface area (Å²) < 4.78 is 7.79. The van der Waals surface area contributed by atoms with E-state index >= 15 is 0 Å². The highest BCUT2D eigenvalue weighted by atomic mass is 16.4. The molecule has 1 saturated heterocycles. The Hall–Kier alpha value is -3.16. The molecule has 0 saturated carbocycles. The van der Waals surface area contributed by atoms with Crippen molar-refractivity contribution in [2.75, 3.05) is 31.1 Å². The van der Waals surface area contributed by atoms with E-state index in [2.05, 4.69) is 27.8 Å². The average Bonchev–Trinajstić information content (AvgIpc) is 3.18. The van der Waals surface area contributed by atoms with Crippen molar-refractivity contribution >= 4 is 22.2 Å². The molecule has 4 aromatic rings. The second-order valence-corrected chi connectivity index (χ2v) is 9.30. The summed E-state index contributed by atoms with van der Waals surface area (Å²) in [5, 5.41) is 10.6. The summed E-state index contributed by atoms with van der Waals surface area (Å²) >= 11 is 0. The Morgan fingerprint density at radius 2 is 2.00 bits per heavy atom. The standard InChI is InChI=1S/C26H30N4O3/c1-16-12-30-15-21(10-24(30)19(4)27-16)23-9-20-5-6-22(11-25(20)33-26(23)32)29-8-7-28(14-18(3)31)17(2)13-29/h5-6,9-12,15,17-18,31H,7-8,13-14H2,1-4H3. The maximum Gasteiger partial charge on any atom is 0.344 e. The van der Waals surface area contributed by atoms with Crippen LogP contribution in [-0.2, 0) is 0 Å². The first-order chi connectivity index (χ1) is 15.8. The number of β-amino-alcohol motifs (C(OH)–C–C–N with tert-alkyl or cyclic N) is 1. The van der Waals surface area contributed by atoms with Gasteiger partial charge < -0.3 is 18.8 Å². The molecule has 3 aromatic heterocycles. The first-order valence-electron chi connectivity index (χ1n) is 11.5. The number of aromatic nitrogens is 2. The fourth-order valence-corrected chi connectivity index (χ4v) is 4.91. The monoisotopic (exact) mass is 446 g/mol. The average molecular weight is 447 g/mol. The van der Waals surface area contributed by atoms with Gasteiger partial charge in [0.1, 0.15) is 5.58 Å². The molecule has 1 fully saturated rings. The van der Waals surface area contributed by atoms with E-state index in [4.69, 9.17) is 4.42 Å². The third-order valence-corrected chi connectivity index (χ3v) is 6.55. The Morgan fingerprint density at radius 3 is 2.76 bits per heavy atom. The third kappa shape index (κ3) is 4.14. The molecular formula is C26H30N4O3. The van der Waals surface area contributed by atoms with Crippen LogP contribution in [-0.4, -0.2) is 57.7 Å². The van der Waals surface area contributed by atoms with Crippen LogP contribution in [0.2, 0.25) is 0 Å². The van der Waals surface area contributed by atoms with Gasteiger partial charge in [0.15, 0.2) is 0 Å². The third-order valence-electron chi connectivity index (χ3n) is 6.55. The molecule has 33 heavy (non-hydrogen) atoms. The Balaban J connectivity index is 1.45. The molecule has 2 atom stereocenters. The van der Waals surface area contributed by atoms with Gasteiger partial charge in [0, 0.05) is 67.3 Å². The predicted octanol–water partition coefficient (Wildman–Crippen LogP) is 3.62. The quantitative estimate of drug-likeness (QED) is 0.483. The molecule has 1 aliphatic heterocycles. The number of piperazine rings is 1. The number of anilines is 1. The second-order valence-electron chi connectivity index (χ2n) is 9.30. The lowest BCUT2D eigenvalue weighted by Gasteiger charge is -2.41. The molecule has 172 valence electrons. The van der Waals surface area contributed by atoms with E-state index in [-0.39, 0.29) is 11.7 Å². The number of hydrogen-bond donors (Lipinski definition) is 1. The smallest absolute Gasteiger partial charge is 0.344 e. The van der Waals surface area contributed by atoms with Crippen LogP contribution in [0.1, 0.15) is 25.2 Å². The molecule has 0 bridgehead atoms. The summed E-state index contributed by atoms with van der Waals surface area (Å²) in [5.41, 5.74) is 5.53. The van der Waals surface area contributed by atoms with Crippen molar-refractivity contribution in [3.63, 3.8) is 0 Å². The molecule has 1 aromatic carbocycles. The lowest BCUT2D eigenvalue weighted by atomic mass is 10.1. The molecule has 2 unspecified atom stereocenters. The van der Waals surface area contributed by atoms with Crippen molar-refractivity contribution in [1.82, 2.24) is 14.3 Å². The van der Waals surface area contributed by atoms with Gasteiger partial charge in [0.05, 0.1) is 28.6 Å². The van der Waals surface area contributed by atoms with Crippen LogP contribution >= 0.6 is 0 Å². The summed E-state index contributed by atoms with van der Waals surface area (Å²) in [7, 11) is 0. The van der Waals surface area contributed by atoms with Crippen LogP contribution < -0.4 is 10.5 Å². The largest absolute Gasteiger partial charge is 0.422 e. The molecule has 1 aliphatic rings. The van der Waals surface area contributed by atoms with Crippen molar-refractivity contribution < 1.29 is 9.52 Å². The Morgan fingerprint density at radius 1 is 1.18 bits per heavy atom. The lowest BCUT2D eigenvalue weighted by molar-refractivity contribution is 0.0960. The van der Waals surface area contributed by atoms with Crippen molar-refractivity contribution in [3.8, 4) is 11.1 Å². The van der Waals surface area contributed by atoms with E-state index in [0.717, 1.165) is 53.2 Å². The number of fused-ring (bicyclic) bond motifs is 2. The van der Waals surface area contributed by atoms with E-state index in [1.165, 1.54) is 0 Å². The molecule has 0 amide bonds. The van der Waals surface area contributed by atoms with Crippen molar-refractivity contribution in [2.45, 2.75) is 39.8 Å². The van der Waals surface area contributed by atoms with Crippen LogP contribution in [0.4, 0.5) is 5.69 Å². The van der Waals surface area contributed by atoms with Crippen LogP contribution in [0.5, 0.6) is 0 Å². The Bertz CT molecular complexity index is 1390. The molecular weight excluding hydrogens is 416 g/mol. The fraction of sp³-hybridized carbons (Fsp3) is 0.385. The fourth-order valence-electron chi connectivity index (χ4n) is 4.91. The van der Waals surface area contributed by atoms with Crippen molar-refractivity contribution in [2.24, 2.45) is 0 Å². The van der Waals surface area contributed by atoms with Crippen molar-refractivity contribution in [3.05, 3.63) is 64.5 Å². The van der Waals surface area contributed by atoms with Gasteiger partial charge in [0.2, 0.25) is 0 Å². The zero-order valence-electron chi connectivity index (χ0n) is 19.6. The summed E-state index contributed by atoms with van der Waals surface area (Å²) in [6, 6.07) is 10.3. The molecule has 0 aliphatic carbocycles. The van der Waals surface area contributed by atoms with Gasteiger partial charge in [-0.2, -0.15) is 0 Å². The van der Waals surface area contributed by atoms with E-state index in [9.17, 15) is 9.90 Å². The lowest BCUT2D eigenvalue weighted by Crippen LogP contribution is -2.53. The van der Waals surface area contributed by atoms with Gasteiger partial charge in [-0.25, -0.2) is 4.79 Å². The number of rotatable bonds is 4. The predicted molar refractivity (Wildman–Crippen MR) is 131 cm³/mol. The molecule has 0 spiro atoms. The van der Waals surface area contributed by atoms with Gasteiger partial charge in [-0.3, -0.25) is 9.88 Å². The minimum Gasteiger partial charge on any atom is -0.422 e. The minimum atomic E-state index is -0.340. The van der Waals surface area contributed by atoms with E-state index in [0.29, 0.717) is 23.7 Å². The van der Waals surface area contributed by atoms with Crippen LogP contribution in [0.3, 0.4) is 0 Å². The van der Waals surface area contributed by atoms with E-state index in [1.807, 2.05) is 61.8 Å². The topological polar surface area (TPSA) is 74.2 Å². The zero-order chi connectivity index (χ0) is 23.3. The summed E-state index contributed by atoms with van der Waals surface area (Å²) in [4.78, 5) is 22.1. The molecule has 5 rings (SSSR count). The van der Waals surface area contributed by atoms with Gasteiger partial charge >= 0.3 is 5.63 Å². The molecule has 7 nitrogen and oxygen atoms in total. The van der Waals surface area contributed by atoms with Crippen LogP contribution in [0.25, 0.3) is 27.6 Å². The summed E-state index contributed by atoms with van der Waals surface area (Å²) in [6.07, 6.45) is 3.59. The number of nitrogens with zero attached hydrogens (tertiary/aromatic N) is 4. The van der Waals surface area contributed by atoms with E-state index < -0.39 is 0 Å². The highest BCUT2D eigenvalue weighted by Gasteiger charge is 2.25. The van der Waals surface area contributed by atoms with Crippen LogP contribution in [0.15, 0.2) is 51.9 Å². The highest BCUT2D eigenvalue weighted by molar-refractivity contribution is 5.85. The van der Waals surface area contributed by atoms with Crippen molar-refractivity contribution in [1.29, 1.82) is 0 Å². The Labute approximate surface area is 192 Å². The second kappa shape index (κ2) is 8.32. The maximum atomic E-state index is 12.9. The molecule has 7 heteroatoms. The number of hydrogen-bond acceptors (Lipinski definition) is 6. The zero-order valence-corrected chi connectivity index (χ0v) is 19.6. The number of aliphatic hydroxyl groups excluding tert-OH is 1. The number of aryl methyl sites for hydroxylation is 2. The van der Waals surface area contributed by atoms with Gasteiger partial charge in [0.25, 0.3) is 0 Å². The SMILES string of the molecule is Cc1cn2cc(-c3cc4ccc(N5CCN(CC(C)O)C(C)C5)cc4oc3=O)cc2c(C)n1. The molecule has 4 heterocycles.